The minimum atomic E-state index is -3.10. The van der Waals surface area contributed by atoms with Crippen molar-refractivity contribution in [3.05, 3.63) is 29.8 Å². The number of carbonyl (C=O) groups is 1. The van der Waals surface area contributed by atoms with E-state index < -0.39 is 10.0 Å². The van der Waals surface area contributed by atoms with E-state index in [1.54, 1.807) is 0 Å². The molecule has 9 heteroatoms. The predicted molar refractivity (Wildman–Crippen MR) is 120 cm³/mol. The minimum Gasteiger partial charge on any atom is -0.369 e. The summed E-state index contributed by atoms with van der Waals surface area (Å²) in [6.07, 6.45) is 1.56. The van der Waals surface area contributed by atoms with Crippen LogP contribution < -0.4 is 15.5 Å². The van der Waals surface area contributed by atoms with E-state index in [0.717, 1.165) is 39.1 Å². The van der Waals surface area contributed by atoms with Crippen LogP contribution in [0, 0.1) is 6.92 Å². The van der Waals surface area contributed by atoms with E-state index in [0.29, 0.717) is 26.1 Å². The molecule has 0 unspecified atom stereocenters. The monoisotopic (exact) mass is 437 g/mol. The van der Waals surface area contributed by atoms with Crippen molar-refractivity contribution in [2.24, 2.45) is 0 Å². The number of anilines is 1. The number of aryl methyl sites for hydroxylation is 1. The van der Waals surface area contributed by atoms with Crippen LogP contribution in [0.4, 0.5) is 10.5 Å². The van der Waals surface area contributed by atoms with Crippen LogP contribution in [-0.4, -0.2) is 87.8 Å². The number of urea groups is 1. The van der Waals surface area contributed by atoms with Gasteiger partial charge in [-0.1, -0.05) is 12.1 Å². The average molecular weight is 438 g/mol. The molecule has 0 spiro atoms. The molecule has 30 heavy (non-hydrogen) atoms. The summed E-state index contributed by atoms with van der Waals surface area (Å²) in [5.74, 6) is 0.218. The smallest absolute Gasteiger partial charge is 0.315 e. The van der Waals surface area contributed by atoms with Gasteiger partial charge in [-0.3, -0.25) is 4.90 Å². The summed E-state index contributed by atoms with van der Waals surface area (Å²) in [6.45, 7) is 10.4. The number of hydrogen-bond acceptors (Lipinski definition) is 5. The van der Waals surface area contributed by atoms with Gasteiger partial charge in [-0.15, -0.1) is 0 Å². The van der Waals surface area contributed by atoms with E-state index in [-0.39, 0.29) is 17.8 Å². The Kier molecular flexibility index (Phi) is 7.96. The lowest BCUT2D eigenvalue weighted by atomic mass is 10.1. The summed E-state index contributed by atoms with van der Waals surface area (Å²) in [7, 11) is -3.10. The Morgan fingerprint density at radius 2 is 1.90 bits per heavy atom. The summed E-state index contributed by atoms with van der Waals surface area (Å²) >= 11 is 0. The fourth-order valence-corrected chi connectivity index (χ4v) is 5.54. The van der Waals surface area contributed by atoms with Crippen molar-refractivity contribution in [1.29, 1.82) is 0 Å². The Morgan fingerprint density at radius 3 is 2.57 bits per heavy atom. The highest BCUT2D eigenvalue weighted by atomic mass is 32.2. The molecule has 0 bridgehead atoms. The summed E-state index contributed by atoms with van der Waals surface area (Å²) in [4.78, 5) is 16.9. The van der Waals surface area contributed by atoms with E-state index in [1.807, 2.05) is 6.92 Å². The van der Waals surface area contributed by atoms with Crippen LogP contribution in [-0.2, 0) is 10.0 Å². The van der Waals surface area contributed by atoms with E-state index in [4.69, 9.17) is 0 Å². The third-order valence-corrected chi connectivity index (χ3v) is 7.80. The van der Waals surface area contributed by atoms with Crippen LogP contribution in [0.5, 0.6) is 0 Å². The molecule has 2 amide bonds. The first-order valence-electron chi connectivity index (χ1n) is 10.9. The molecule has 168 valence electrons. The molecule has 1 aromatic carbocycles. The Morgan fingerprint density at radius 1 is 1.13 bits per heavy atom. The number of nitrogens with one attached hydrogen (secondary N) is 2. The number of hydrogen-bond donors (Lipinski definition) is 2. The maximum atomic E-state index is 12.1. The number of sulfonamides is 1. The van der Waals surface area contributed by atoms with Gasteiger partial charge in [0, 0.05) is 64.1 Å². The highest BCUT2D eigenvalue weighted by molar-refractivity contribution is 7.89. The van der Waals surface area contributed by atoms with Crippen molar-refractivity contribution in [3.8, 4) is 0 Å². The van der Waals surface area contributed by atoms with Gasteiger partial charge in [-0.05, 0) is 44.4 Å². The van der Waals surface area contributed by atoms with Crippen molar-refractivity contribution in [2.45, 2.75) is 32.7 Å². The second kappa shape index (κ2) is 10.5. The van der Waals surface area contributed by atoms with Crippen molar-refractivity contribution in [2.75, 3.05) is 63.0 Å². The highest BCUT2D eigenvalue weighted by Crippen LogP contribution is 2.18. The summed E-state index contributed by atoms with van der Waals surface area (Å²) < 4.78 is 25.0. The van der Waals surface area contributed by atoms with Crippen LogP contribution in [0.3, 0.4) is 0 Å². The third kappa shape index (κ3) is 6.58. The van der Waals surface area contributed by atoms with Gasteiger partial charge in [0.05, 0.1) is 5.75 Å². The SMILES string of the molecule is Cc1cccc(N2CCN(CC[C@@H](C)NC(=O)NCCN3CCCS3(=O)=O)CC2)c1. The normalized spacial score (nSPS) is 20.8. The van der Waals surface area contributed by atoms with Crippen molar-refractivity contribution < 1.29 is 13.2 Å². The Labute approximate surface area is 180 Å². The molecule has 2 aliphatic rings. The van der Waals surface area contributed by atoms with Gasteiger partial charge in [0.1, 0.15) is 0 Å². The molecule has 0 saturated carbocycles. The van der Waals surface area contributed by atoms with Crippen molar-refractivity contribution in [3.63, 3.8) is 0 Å². The number of benzene rings is 1. The van der Waals surface area contributed by atoms with Crippen LogP contribution >= 0.6 is 0 Å². The third-order valence-electron chi connectivity index (χ3n) is 5.84. The molecule has 3 rings (SSSR count). The molecular formula is C21H35N5O3S. The summed E-state index contributed by atoms with van der Waals surface area (Å²) in [5, 5.41) is 5.72. The van der Waals surface area contributed by atoms with E-state index in [2.05, 4.69) is 51.6 Å². The predicted octanol–water partition coefficient (Wildman–Crippen LogP) is 1.23. The molecule has 2 saturated heterocycles. The van der Waals surface area contributed by atoms with Crippen LogP contribution in [0.1, 0.15) is 25.3 Å². The Bertz CT molecular complexity index is 809. The lowest BCUT2D eigenvalue weighted by molar-refractivity contribution is 0.227. The summed E-state index contributed by atoms with van der Waals surface area (Å²) in [5.41, 5.74) is 2.58. The maximum Gasteiger partial charge on any atom is 0.315 e. The van der Waals surface area contributed by atoms with E-state index in [1.165, 1.54) is 15.6 Å². The van der Waals surface area contributed by atoms with Gasteiger partial charge in [-0.25, -0.2) is 17.5 Å². The fourth-order valence-electron chi connectivity index (χ4n) is 4.01. The van der Waals surface area contributed by atoms with Crippen LogP contribution in [0.2, 0.25) is 0 Å². The van der Waals surface area contributed by atoms with Gasteiger partial charge in [0.25, 0.3) is 0 Å². The van der Waals surface area contributed by atoms with Crippen molar-refractivity contribution >= 4 is 21.7 Å². The second-order valence-corrected chi connectivity index (χ2v) is 10.4. The van der Waals surface area contributed by atoms with E-state index in [9.17, 15) is 13.2 Å². The molecule has 0 aromatic heterocycles. The molecule has 2 heterocycles. The molecular weight excluding hydrogens is 402 g/mol. The number of piperazine rings is 1. The quantitative estimate of drug-likeness (QED) is 0.639. The number of nitrogens with zero attached hydrogens (tertiary/aromatic N) is 3. The van der Waals surface area contributed by atoms with E-state index >= 15 is 0 Å². The van der Waals surface area contributed by atoms with Gasteiger partial charge in [0.2, 0.25) is 10.0 Å². The van der Waals surface area contributed by atoms with Gasteiger partial charge < -0.3 is 15.5 Å². The topological polar surface area (TPSA) is 85.0 Å². The second-order valence-electron chi connectivity index (χ2n) is 8.33. The molecule has 2 fully saturated rings. The first kappa shape index (κ1) is 22.8. The number of amides is 2. The molecule has 2 N–H and O–H groups in total. The maximum absolute atomic E-state index is 12.1. The zero-order valence-corrected chi connectivity index (χ0v) is 19.0. The van der Waals surface area contributed by atoms with Crippen molar-refractivity contribution in [1.82, 2.24) is 19.8 Å². The van der Waals surface area contributed by atoms with Gasteiger partial charge in [0.15, 0.2) is 0 Å². The number of rotatable bonds is 8. The van der Waals surface area contributed by atoms with Gasteiger partial charge >= 0.3 is 6.03 Å². The molecule has 0 radical (unpaired) electrons. The highest BCUT2D eigenvalue weighted by Gasteiger charge is 2.27. The van der Waals surface area contributed by atoms with Gasteiger partial charge in [-0.2, -0.15) is 0 Å². The summed E-state index contributed by atoms with van der Waals surface area (Å²) in [6, 6.07) is 8.47. The first-order chi connectivity index (χ1) is 14.3. The van der Waals surface area contributed by atoms with Crippen LogP contribution in [0.25, 0.3) is 0 Å². The molecule has 2 aliphatic heterocycles. The number of carbonyl (C=O) groups excluding carboxylic acids is 1. The first-order valence-corrected chi connectivity index (χ1v) is 12.5. The zero-order valence-electron chi connectivity index (χ0n) is 18.1. The minimum absolute atomic E-state index is 0.0651. The molecule has 1 atom stereocenters. The lowest BCUT2D eigenvalue weighted by Gasteiger charge is -2.36. The molecule has 1 aromatic rings. The Balaban J connectivity index is 1.29. The largest absolute Gasteiger partial charge is 0.369 e. The lowest BCUT2D eigenvalue weighted by Crippen LogP contribution is -2.48. The Hall–Kier alpha value is -1.84. The van der Waals surface area contributed by atoms with Crippen LogP contribution in [0.15, 0.2) is 24.3 Å². The average Bonchev–Trinajstić information content (AvgIpc) is 3.05. The zero-order chi connectivity index (χ0) is 21.6. The fraction of sp³-hybridized carbons (Fsp3) is 0.667. The standard InChI is InChI=1S/C21H35N5O3S/c1-18-5-3-6-20(17-18)25-14-12-24(13-15-25)10-7-19(2)23-21(27)22-8-11-26-9-4-16-30(26,28)29/h3,5-6,17,19H,4,7-16H2,1-2H3,(H2,22,23,27)/t19-/m1/s1. The molecule has 0 aliphatic carbocycles. The molecule has 8 nitrogen and oxygen atoms in total.